The molecule has 0 spiro atoms. The third-order valence-corrected chi connectivity index (χ3v) is 4.81. The van der Waals surface area contributed by atoms with Crippen LogP contribution in [0.25, 0.3) is 0 Å². The molecule has 0 radical (unpaired) electrons. The fourth-order valence-corrected chi connectivity index (χ4v) is 3.24. The van der Waals surface area contributed by atoms with Crippen molar-refractivity contribution in [2.75, 3.05) is 6.54 Å². The van der Waals surface area contributed by atoms with E-state index in [0.29, 0.717) is 18.5 Å². The number of benzene rings is 1. The topological polar surface area (TPSA) is 76.9 Å². The lowest BCUT2D eigenvalue weighted by molar-refractivity contribution is -0.121. The van der Waals surface area contributed by atoms with Crippen LogP contribution >= 0.6 is 0 Å². The van der Waals surface area contributed by atoms with Crippen LogP contribution in [-0.4, -0.2) is 33.0 Å². The van der Waals surface area contributed by atoms with E-state index in [4.69, 9.17) is 0 Å². The van der Waals surface area contributed by atoms with Crippen molar-refractivity contribution in [3.63, 3.8) is 0 Å². The van der Waals surface area contributed by atoms with Crippen molar-refractivity contribution in [1.82, 2.24) is 20.1 Å². The van der Waals surface area contributed by atoms with Gasteiger partial charge >= 0.3 is 0 Å². The van der Waals surface area contributed by atoms with Crippen LogP contribution in [0.3, 0.4) is 0 Å². The summed E-state index contributed by atoms with van der Waals surface area (Å²) in [4.78, 5) is 24.1. The summed E-state index contributed by atoms with van der Waals surface area (Å²) in [5.41, 5.74) is 1.78. The van der Waals surface area contributed by atoms with E-state index in [9.17, 15) is 9.59 Å². The quantitative estimate of drug-likeness (QED) is 0.776. The predicted molar refractivity (Wildman–Crippen MR) is 99.0 cm³/mol. The maximum atomic E-state index is 12.1. The Labute approximate surface area is 154 Å². The maximum absolute atomic E-state index is 12.1. The summed E-state index contributed by atoms with van der Waals surface area (Å²) >= 11 is 0. The van der Waals surface area contributed by atoms with Gasteiger partial charge in [-0.05, 0) is 19.8 Å². The lowest BCUT2D eigenvalue weighted by Crippen LogP contribution is -2.27. The van der Waals surface area contributed by atoms with E-state index in [1.807, 2.05) is 31.2 Å². The number of hydrogen-bond donors (Lipinski definition) is 1. The van der Waals surface area contributed by atoms with Gasteiger partial charge in [-0.15, -0.1) is 10.2 Å². The van der Waals surface area contributed by atoms with Gasteiger partial charge < -0.3 is 9.88 Å². The molecule has 2 aromatic rings. The molecule has 1 aromatic carbocycles. The molecule has 0 unspecified atom stereocenters. The molecule has 1 aromatic heterocycles. The van der Waals surface area contributed by atoms with Crippen LogP contribution in [0.2, 0.25) is 0 Å². The van der Waals surface area contributed by atoms with Gasteiger partial charge in [0.15, 0.2) is 5.78 Å². The van der Waals surface area contributed by atoms with Crippen molar-refractivity contribution in [1.29, 1.82) is 0 Å². The fraction of sp³-hybridized carbons (Fsp3) is 0.500. The summed E-state index contributed by atoms with van der Waals surface area (Å²) < 4.78 is 2.19. The number of nitrogens with one attached hydrogen (secondary N) is 1. The van der Waals surface area contributed by atoms with Crippen molar-refractivity contribution in [3.05, 3.63) is 47.0 Å². The molecule has 26 heavy (non-hydrogen) atoms. The van der Waals surface area contributed by atoms with Crippen molar-refractivity contribution in [2.45, 2.75) is 58.4 Å². The minimum absolute atomic E-state index is 0.00271. The molecular formula is C20H26N4O2. The highest BCUT2D eigenvalue weighted by Gasteiger charge is 2.15. The predicted octanol–water partition coefficient (Wildman–Crippen LogP) is 2.63. The number of amides is 1. The highest BCUT2D eigenvalue weighted by molar-refractivity contribution is 5.97. The molecule has 0 atom stereocenters. The van der Waals surface area contributed by atoms with Crippen LogP contribution in [0.15, 0.2) is 24.3 Å². The second kappa shape index (κ2) is 8.74. The van der Waals surface area contributed by atoms with Crippen LogP contribution in [0.4, 0.5) is 0 Å². The van der Waals surface area contributed by atoms with Crippen molar-refractivity contribution < 1.29 is 9.59 Å². The number of hydrogen-bond acceptors (Lipinski definition) is 4. The van der Waals surface area contributed by atoms with E-state index in [2.05, 4.69) is 20.1 Å². The van der Waals surface area contributed by atoms with Gasteiger partial charge in [0.05, 0.1) is 0 Å². The Morgan fingerprint density at radius 2 is 1.88 bits per heavy atom. The minimum atomic E-state index is -0.0962. The Kier molecular flexibility index (Phi) is 6.15. The summed E-state index contributed by atoms with van der Waals surface area (Å²) in [6, 6.07) is 7.45. The van der Waals surface area contributed by atoms with E-state index in [0.717, 1.165) is 36.6 Å². The van der Waals surface area contributed by atoms with Crippen molar-refractivity contribution in [3.8, 4) is 0 Å². The van der Waals surface area contributed by atoms with Crippen LogP contribution in [0.5, 0.6) is 0 Å². The Morgan fingerprint density at radius 1 is 1.08 bits per heavy atom. The third-order valence-electron chi connectivity index (χ3n) is 4.81. The second-order valence-corrected chi connectivity index (χ2v) is 6.88. The van der Waals surface area contributed by atoms with Gasteiger partial charge in [-0.1, -0.05) is 36.2 Å². The normalized spacial score (nSPS) is 13.7. The average Bonchev–Trinajstić information content (AvgIpc) is 2.87. The molecule has 1 amide bonds. The lowest BCUT2D eigenvalue weighted by atomic mass is 10.1. The molecule has 6 heteroatoms. The smallest absolute Gasteiger partial charge is 0.220 e. The molecule has 1 aliphatic heterocycles. The highest BCUT2D eigenvalue weighted by atomic mass is 16.2. The standard InChI is InChI=1S/C20H26N4O2/c1-15-6-8-16(9-7-15)17(25)10-11-20(26)21-13-12-19-23-22-18-5-3-2-4-14-24(18)19/h6-9H,2-5,10-14H2,1H3,(H,21,26). The zero-order valence-electron chi connectivity index (χ0n) is 15.3. The first-order valence-corrected chi connectivity index (χ1v) is 9.41. The van der Waals surface area contributed by atoms with Gasteiger partial charge in [-0.25, -0.2) is 0 Å². The summed E-state index contributed by atoms with van der Waals surface area (Å²) in [5, 5.41) is 11.4. The van der Waals surface area contributed by atoms with Crippen LogP contribution in [-0.2, 0) is 24.2 Å². The molecule has 1 N–H and O–H groups in total. The number of aryl methyl sites for hydroxylation is 2. The molecule has 0 saturated heterocycles. The monoisotopic (exact) mass is 354 g/mol. The summed E-state index contributed by atoms with van der Waals surface area (Å²) in [7, 11) is 0. The third kappa shape index (κ3) is 4.77. The molecule has 0 fully saturated rings. The van der Waals surface area contributed by atoms with Gasteiger partial charge in [0.2, 0.25) is 5.91 Å². The summed E-state index contributed by atoms with van der Waals surface area (Å²) in [6.07, 6.45) is 5.66. The number of carbonyl (C=O) groups is 2. The zero-order valence-corrected chi connectivity index (χ0v) is 15.3. The SMILES string of the molecule is Cc1ccc(C(=O)CCC(=O)NCCc2nnc3n2CCCCC3)cc1. The van der Waals surface area contributed by atoms with Crippen LogP contribution < -0.4 is 5.32 Å². The number of ketones is 1. The number of rotatable bonds is 7. The van der Waals surface area contributed by atoms with E-state index in [1.54, 1.807) is 0 Å². The number of carbonyl (C=O) groups excluding carboxylic acids is 2. The fourth-order valence-electron chi connectivity index (χ4n) is 3.24. The van der Waals surface area contributed by atoms with Gasteiger partial charge in [0.1, 0.15) is 11.6 Å². The number of Topliss-reactive ketones (excluding diaryl/α,β-unsaturated/α-hetero) is 1. The largest absolute Gasteiger partial charge is 0.356 e. The molecule has 0 aliphatic carbocycles. The molecular weight excluding hydrogens is 328 g/mol. The Hall–Kier alpha value is -2.50. The van der Waals surface area contributed by atoms with E-state index >= 15 is 0 Å². The van der Waals surface area contributed by atoms with Crippen molar-refractivity contribution >= 4 is 11.7 Å². The first-order chi connectivity index (χ1) is 12.6. The number of aromatic nitrogens is 3. The number of nitrogens with zero attached hydrogens (tertiary/aromatic N) is 3. The van der Waals surface area contributed by atoms with E-state index < -0.39 is 0 Å². The average molecular weight is 354 g/mol. The lowest BCUT2D eigenvalue weighted by Gasteiger charge is -2.08. The van der Waals surface area contributed by atoms with Gasteiger partial charge in [0.25, 0.3) is 0 Å². The van der Waals surface area contributed by atoms with Gasteiger partial charge in [-0.3, -0.25) is 9.59 Å². The Bertz CT molecular complexity index is 765. The first kappa shape index (κ1) is 18.3. The second-order valence-electron chi connectivity index (χ2n) is 6.88. The minimum Gasteiger partial charge on any atom is -0.356 e. The highest BCUT2D eigenvalue weighted by Crippen LogP contribution is 2.14. The zero-order chi connectivity index (χ0) is 18.4. The first-order valence-electron chi connectivity index (χ1n) is 9.41. The van der Waals surface area contributed by atoms with E-state index in [-0.39, 0.29) is 24.5 Å². The Balaban J connectivity index is 1.41. The molecule has 138 valence electrons. The molecule has 2 heterocycles. The summed E-state index contributed by atoms with van der Waals surface area (Å²) in [6.45, 7) is 3.47. The molecule has 0 bridgehead atoms. The van der Waals surface area contributed by atoms with Crippen molar-refractivity contribution in [2.24, 2.45) is 0 Å². The molecule has 1 aliphatic rings. The summed E-state index contributed by atoms with van der Waals surface area (Å²) in [5.74, 6) is 1.91. The van der Waals surface area contributed by atoms with E-state index in [1.165, 1.54) is 12.8 Å². The number of fused-ring (bicyclic) bond motifs is 1. The molecule has 3 rings (SSSR count). The van der Waals surface area contributed by atoms with Gasteiger partial charge in [0, 0.05) is 44.3 Å². The molecule has 6 nitrogen and oxygen atoms in total. The Morgan fingerprint density at radius 3 is 2.69 bits per heavy atom. The van der Waals surface area contributed by atoms with Crippen LogP contribution in [0.1, 0.15) is 59.7 Å². The maximum Gasteiger partial charge on any atom is 0.220 e. The van der Waals surface area contributed by atoms with Crippen LogP contribution in [0, 0.1) is 6.92 Å². The molecule has 0 saturated carbocycles. The van der Waals surface area contributed by atoms with Gasteiger partial charge in [-0.2, -0.15) is 0 Å².